The molecule has 0 unspecified atom stereocenters. The second-order valence-corrected chi connectivity index (χ2v) is 13.2. The molecular weight excluding hydrogens is 420 g/mol. The van der Waals surface area contributed by atoms with Crippen LogP contribution in [0.2, 0.25) is 0 Å². The Morgan fingerprint density at radius 2 is 1.74 bits per heavy atom. The highest BCUT2D eigenvalue weighted by molar-refractivity contribution is 5.91. The van der Waals surface area contributed by atoms with Crippen molar-refractivity contribution in [2.75, 3.05) is 0 Å². The average molecular weight is 469 g/mol. The highest BCUT2D eigenvalue weighted by Gasteiger charge is 2.60. The van der Waals surface area contributed by atoms with Crippen LogP contribution in [0.1, 0.15) is 124 Å². The van der Waals surface area contributed by atoms with Crippen LogP contribution in [0.4, 0.5) is 0 Å². The van der Waals surface area contributed by atoms with Gasteiger partial charge in [0.1, 0.15) is 6.10 Å². The first-order chi connectivity index (χ1) is 16.3. The molecule has 190 valence electrons. The number of hydrogen-bond acceptors (Lipinski definition) is 3. The average Bonchev–Trinajstić information content (AvgIpc) is 3.16. The van der Waals surface area contributed by atoms with Crippen molar-refractivity contribution < 1.29 is 14.3 Å². The number of fused-ring (bicyclic) bond motifs is 5. The Kier molecular flexibility index (Phi) is 7.04. The molecular formula is C31H48O3. The summed E-state index contributed by atoms with van der Waals surface area (Å²) in [5.74, 6) is 3.55. The zero-order valence-electron chi connectivity index (χ0n) is 22.1. The smallest absolute Gasteiger partial charge is 0.309 e. The summed E-state index contributed by atoms with van der Waals surface area (Å²) < 4.78 is 6.39. The van der Waals surface area contributed by atoms with Gasteiger partial charge in [0.15, 0.2) is 5.78 Å². The van der Waals surface area contributed by atoms with Crippen LogP contribution in [0.25, 0.3) is 0 Å². The molecule has 34 heavy (non-hydrogen) atoms. The zero-order valence-corrected chi connectivity index (χ0v) is 22.1. The minimum absolute atomic E-state index is 0.117. The lowest BCUT2D eigenvalue weighted by molar-refractivity contribution is -0.166. The maximum Gasteiger partial charge on any atom is 0.309 e. The molecule has 0 radical (unpaired) electrons. The number of ketones is 1. The second-order valence-electron chi connectivity index (χ2n) is 13.2. The number of rotatable bonds is 6. The first-order valence-corrected chi connectivity index (χ1v) is 14.8. The van der Waals surface area contributed by atoms with E-state index >= 15 is 0 Å². The van der Waals surface area contributed by atoms with Crippen molar-refractivity contribution in [1.29, 1.82) is 0 Å². The lowest BCUT2D eigenvalue weighted by Crippen LogP contribution is -2.51. The fourth-order valence-electron chi connectivity index (χ4n) is 9.31. The van der Waals surface area contributed by atoms with Crippen LogP contribution < -0.4 is 0 Å². The Bertz CT molecular complexity index is 805. The largest absolute Gasteiger partial charge is 0.462 e. The number of carbonyl (C=O) groups is 2. The third-order valence-electron chi connectivity index (χ3n) is 11.5. The summed E-state index contributed by atoms with van der Waals surface area (Å²) in [5.41, 5.74) is 1.82. The number of carbonyl (C=O) groups excluding carboxylic acids is 2. The summed E-state index contributed by atoms with van der Waals surface area (Å²) >= 11 is 0. The van der Waals surface area contributed by atoms with Crippen LogP contribution >= 0.6 is 0 Å². The van der Waals surface area contributed by atoms with Gasteiger partial charge in [-0.3, -0.25) is 9.59 Å². The van der Waals surface area contributed by atoms with E-state index in [9.17, 15) is 9.59 Å². The van der Waals surface area contributed by atoms with Crippen LogP contribution in [-0.2, 0) is 14.3 Å². The minimum Gasteiger partial charge on any atom is -0.462 e. The summed E-state index contributed by atoms with van der Waals surface area (Å²) in [5, 5.41) is 0. The highest BCUT2D eigenvalue weighted by atomic mass is 16.5. The number of allylic oxidation sites excluding steroid dienone is 1. The third kappa shape index (κ3) is 4.32. The van der Waals surface area contributed by atoms with Crippen molar-refractivity contribution in [3.8, 4) is 0 Å². The molecule has 4 saturated carbocycles. The maximum absolute atomic E-state index is 13.2. The first kappa shape index (κ1) is 24.6. The first-order valence-electron chi connectivity index (χ1n) is 14.8. The third-order valence-corrected chi connectivity index (χ3v) is 11.5. The molecule has 0 aromatic heterocycles. The van der Waals surface area contributed by atoms with E-state index < -0.39 is 0 Å². The van der Waals surface area contributed by atoms with E-state index in [-0.39, 0.29) is 28.8 Å². The monoisotopic (exact) mass is 468 g/mol. The Hall–Kier alpha value is -1.12. The molecule has 0 amide bonds. The predicted octanol–water partition coefficient (Wildman–Crippen LogP) is 7.82. The maximum atomic E-state index is 13.2. The molecule has 6 atom stereocenters. The van der Waals surface area contributed by atoms with Gasteiger partial charge in [-0.15, -0.1) is 0 Å². The molecule has 0 saturated heterocycles. The molecule has 0 aromatic rings. The van der Waals surface area contributed by atoms with Gasteiger partial charge in [-0.1, -0.05) is 52.0 Å². The Labute approximate surface area is 207 Å². The SMILES string of the molecule is CCCCCC1CCC(C(=O)O[C@H]2CC[C@H]3[C@@H]4CCC5=CC(=O)CC[C@]5(C)[C@H]4CC[C@]23C)CC1. The summed E-state index contributed by atoms with van der Waals surface area (Å²) in [6.45, 7) is 7.17. The molecule has 3 heteroatoms. The van der Waals surface area contributed by atoms with Gasteiger partial charge in [0.2, 0.25) is 0 Å². The van der Waals surface area contributed by atoms with Gasteiger partial charge in [-0.05, 0) is 106 Å². The fraction of sp³-hybridized carbons (Fsp3) is 0.871. The van der Waals surface area contributed by atoms with E-state index in [1.165, 1.54) is 69.8 Å². The van der Waals surface area contributed by atoms with Gasteiger partial charge in [-0.2, -0.15) is 0 Å². The van der Waals surface area contributed by atoms with E-state index in [1.807, 2.05) is 6.08 Å². The molecule has 3 nitrogen and oxygen atoms in total. The van der Waals surface area contributed by atoms with Crippen LogP contribution in [0.5, 0.6) is 0 Å². The Morgan fingerprint density at radius 3 is 2.50 bits per heavy atom. The molecule has 5 rings (SSSR count). The van der Waals surface area contributed by atoms with E-state index in [4.69, 9.17) is 4.74 Å². The molecule has 0 spiro atoms. The zero-order chi connectivity index (χ0) is 23.9. The summed E-state index contributed by atoms with van der Waals surface area (Å²) in [7, 11) is 0. The van der Waals surface area contributed by atoms with Gasteiger partial charge in [-0.25, -0.2) is 0 Å². The van der Waals surface area contributed by atoms with Crippen LogP contribution in [0.3, 0.4) is 0 Å². The molecule has 0 aliphatic heterocycles. The topological polar surface area (TPSA) is 43.4 Å². The number of ether oxygens (including phenoxy) is 1. The Morgan fingerprint density at radius 1 is 0.941 bits per heavy atom. The van der Waals surface area contributed by atoms with Gasteiger partial charge in [0.05, 0.1) is 5.92 Å². The van der Waals surface area contributed by atoms with Crippen LogP contribution in [0.15, 0.2) is 11.6 Å². The summed E-state index contributed by atoms with van der Waals surface area (Å²) in [4.78, 5) is 25.3. The number of esters is 1. The highest BCUT2D eigenvalue weighted by Crippen LogP contribution is 2.65. The van der Waals surface area contributed by atoms with E-state index in [2.05, 4.69) is 20.8 Å². The normalized spacial score (nSPS) is 44.0. The van der Waals surface area contributed by atoms with Gasteiger partial charge < -0.3 is 4.74 Å². The van der Waals surface area contributed by atoms with Gasteiger partial charge in [0, 0.05) is 11.8 Å². The summed E-state index contributed by atoms with van der Waals surface area (Å²) in [6, 6.07) is 0. The van der Waals surface area contributed by atoms with Crippen molar-refractivity contribution in [3.05, 3.63) is 11.6 Å². The Balaban J connectivity index is 1.19. The van der Waals surface area contributed by atoms with Crippen molar-refractivity contribution in [2.24, 2.45) is 40.4 Å². The quantitative estimate of drug-likeness (QED) is 0.295. The van der Waals surface area contributed by atoms with Crippen molar-refractivity contribution >= 4 is 11.8 Å². The number of unbranched alkanes of at least 4 members (excludes halogenated alkanes) is 2. The second kappa shape index (κ2) is 9.74. The standard InChI is InChI=1S/C31H48O3/c1-4-5-6-7-21-8-10-22(11-9-21)29(33)34-28-15-14-26-25-13-12-23-20-24(32)16-18-30(23,2)27(25)17-19-31(26,28)3/h20-22,25-28H,4-19H2,1-3H3/t21?,22?,25-,26-,27-,28-,30-,31-/m0/s1. The molecule has 0 N–H and O–H groups in total. The van der Waals surface area contributed by atoms with Crippen molar-refractivity contribution in [2.45, 2.75) is 130 Å². The van der Waals surface area contributed by atoms with Gasteiger partial charge in [0.25, 0.3) is 0 Å². The van der Waals surface area contributed by atoms with Crippen LogP contribution in [0, 0.1) is 40.4 Å². The molecule has 0 heterocycles. The van der Waals surface area contributed by atoms with Crippen LogP contribution in [-0.4, -0.2) is 17.9 Å². The van der Waals surface area contributed by atoms with E-state index in [0.29, 0.717) is 17.6 Å². The molecule has 4 fully saturated rings. The van der Waals surface area contributed by atoms with Gasteiger partial charge >= 0.3 is 5.97 Å². The number of hydrogen-bond donors (Lipinski definition) is 0. The minimum atomic E-state index is 0.117. The molecule has 0 aromatic carbocycles. The molecule has 0 bridgehead atoms. The fourth-order valence-corrected chi connectivity index (χ4v) is 9.31. The lowest BCUT2D eigenvalue weighted by atomic mass is 9.47. The van der Waals surface area contributed by atoms with Crippen molar-refractivity contribution in [1.82, 2.24) is 0 Å². The lowest BCUT2D eigenvalue weighted by Gasteiger charge is -2.57. The predicted molar refractivity (Wildman–Crippen MR) is 136 cm³/mol. The van der Waals surface area contributed by atoms with E-state index in [0.717, 1.165) is 50.4 Å². The van der Waals surface area contributed by atoms with Crippen molar-refractivity contribution in [3.63, 3.8) is 0 Å². The molecule has 5 aliphatic carbocycles. The summed E-state index contributed by atoms with van der Waals surface area (Å²) in [6.07, 6.45) is 20.8. The molecule has 5 aliphatic rings. The van der Waals surface area contributed by atoms with E-state index in [1.54, 1.807) is 0 Å².